The van der Waals surface area contributed by atoms with Crippen molar-refractivity contribution in [3.63, 3.8) is 0 Å². The number of amides is 2. The van der Waals surface area contributed by atoms with Gasteiger partial charge in [0.25, 0.3) is 5.91 Å². The molecule has 0 bridgehead atoms. The van der Waals surface area contributed by atoms with Crippen molar-refractivity contribution in [1.82, 2.24) is 4.98 Å². The number of pyridine rings is 1. The van der Waals surface area contributed by atoms with Gasteiger partial charge in [0, 0.05) is 23.6 Å². The highest BCUT2D eigenvalue weighted by atomic mass is 32.1. The molecule has 0 spiro atoms. The number of hydrogen-bond donors (Lipinski definition) is 2. The van der Waals surface area contributed by atoms with E-state index < -0.39 is 11.9 Å². The molecule has 8 nitrogen and oxygen atoms in total. The van der Waals surface area contributed by atoms with Crippen molar-refractivity contribution in [3.05, 3.63) is 39.9 Å². The van der Waals surface area contributed by atoms with Crippen molar-refractivity contribution in [2.45, 2.75) is 46.0 Å². The Labute approximate surface area is 178 Å². The maximum atomic E-state index is 12.9. The summed E-state index contributed by atoms with van der Waals surface area (Å²) in [6, 6.07) is 2.98. The highest BCUT2D eigenvalue weighted by Crippen LogP contribution is 2.39. The molecule has 0 unspecified atom stereocenters. The van der Waals surface area contributed by atoms with Crippen LogP contribution in [0.25, 0.3) is 0 Å². The second-order valence-electron chi connectivity index (χ2n) is 6.89. The van der Waals surface area contributed by atoms with E-state index in [2.05, 4.69) is 15.6 Å². The predicted octanol–water partition coefficient (Wildman–Crippen LogP) is 3.37. The van der Waals surface area contributed by atoms with Crippen molar-refractivity contribution < 1.29 is 23.9 Å². The lowest BCUT2D eigenvalue weighted by molar-refractivity contribution is -0.142. The van der Waals surface area contributed by atoms with Gasteiger partial charge in [0.1, 0.15) is 17.2 Å². The molecule has 0 saturated heterocycles. The molecule has 1 aliphatic carbocycles. The van der Waals surface area contributed by atoms with Gasteiger partial charge in [-0.2, -0.15) is 0 Å². The Morgan fingerprint density at radius 3 is 2.67 bits per heavy atom. The maximum absolute atomic E-state index is 12.9. The minimum atomic E-state index is -0.579. The molecule has 3 rings (SSSR count). The first-order valence-electron chi connectivity index (χ1n) is 9.77. The monoisotopic (exact) mass is 429 g/mol. The zero-order chi connectivity index (χ0) is 21.7. The van der Waals surface area contributed by atoms with E-state index in [-0.39, 0.29) is 30.5 Å². The van der Waals surface area contributed by atoms with Crippen LogP contribution in [0.2, 0.25) is 0 Å². The van der Waals surface area contributed by atoms with E-state index in [0.717, 1.165) is 36.1 Å². The van der Waals surface area contributed by atoms with E-state index in [1.54, 1.807) is 6.92 Å². The van der Waals surface area contributed by atoms with Crippen LogP contribution in [0.15, 0.2) is 18.3 Å². The molecule has 2 heterocycles. The molecule has 30 heavy (non-hydrogen) atoms. The molecule has 2 N–H and O–H groups in total. The molecule has 2 aromatic rings. The second-order valence-corrected chi connectivity index (χ2v) is 7.99. The number of aromatic nitrogens is 1. The third-order valence-electron chi connectivity index (χ3n) is 4.61. The normalized spacial score (nSPS) is 12.6. The smallest absolute Gasteiger partial charge is 0.313 e. The number of ether oxygens (including phenoxy) is 1. The Kier molecular flexibility index (Phi) is 6.94. The number of Topliss-reactive ketones (excluding diaryl/α,β-unsaturated/α-hetero) is 1. The summed E-state index contributed by atoms with van der Waals surface area (Å²) in [5.74, 6) is -1.38. The van der Waals surface area contributed by atoms with Gasteiger partial charge in [-0.1, -0.05) is 0 Å². The van der Waals surface area contributed by atoms with Crippen molar-refractivity contribution in [2.24, 2.45) is 0 Å². The largest absolute Gasteiger partial charge is 0.466 e. The second kappa shape index (κ2) is 9.62. The first-order chi connectivity index (χ1) is 14.4. The van der Waals surface area contributed by atoms with Crippen LogP contribution in [0, 0.1) is 0 Å². The van der Waals surface area contributed by atoms with Gasteiger partial charge in [-0.05, 0) is 50.3 Å². The van der Waals surface area contributed by atoms with Crippen molar-refractivity contribution in [1.29, 1.82) is 0 Å². The number of hydrogen-bond acceptors (Lipinski definition) is 7. The summed E-state index contributed by atoms with van der Waals surface area (Å²) in [4.78, 5) is 53.8. The number of carbonyl (C=O) groups is 4. The number of aryl methyl sites for hydroxylation is 1. The van der Waals surface area contributed by atoms with Crippen LogP contribution in [-0.2, 0) is 27.2 Å². The molecule has 158 valence electrons. The summed E-state index contributed by atoms with van der Waals surface area (Å²) in [7, 11) is 0. The van der Waals surface area contributed by atoms with Gasteiger partial charge < -0.3 is 15.4 Å². The van der Waals surface area contributed by atoms with Crippen LogP contribution in [0.5, 0.6) is 0 Å². The molecule has 2 amide bonds. The van der Waals surface area contributed by atoms with Crippen LogP contribution in [0.4, 0.5) is 10.8 Å². The lowest BCUT2D eigenvalue weighted by Gasteiger charge is -2.12. The van der Waals surface area contributed by atoms with Gasteiger partial charge in [0.05, 0.1) is 12.2 Å². The summed E-state index contributed by atoms with van der Waals surface area (Å²) in [6.07, 6.45) is 4.64. The van der Waals surface area contributed by atoms with Crippen LogP contribution < -0.4 is 10.6 Å². The van der Waals surface area contributed by atoms with Crippen LogP contribution in [0.1, 0.15) is 64.3 Å². The number of esters is 1. The first kappa shape index (κ1) is 21.6. The van der Waals surface area contributed by atoms with Gasteiger partial charge in [0.2, 0.25) is 5.91 Å². The maximum Gasteiger partial charge on any atom is 0.313 e. The highest BCUT2D eigenvalue weighted by Gasteiger charge is 2.28. The summed E-state index contributed by atoms with van der Waals surface area (Å²) >= 11 is 1.38. The van der Waals surface area contributed by atoms with Crippen molar-refractivity contribution in [3.8, 4) is 0 Å². The standard InChI is InChI=1S/C21H23N3O5S/c1-3-29-18(27)11-15(26)19-14-6-4-5-7-16(14)30-21(19)24-20(28)13-8-9-22-17(10-13)23-12(2)25/h8-10H,3-7,11H2,1-2H3,(H,24,28)(H,22,23,25). The predicted molar refractivity (Wildman–Crippen MR) is 113 cm³/mol. The minimum Gasteiger partial charge on any atom is -0.466 e. The van der Waals surface area contributed by atoms with Crippen LogP contribution in [-0.4, -0.2) is 35.2 Å². The minimum absolute atomic E-state index is 0.204. The van der Waals surface area contributed by atoms with E-state index in [4.69, 9.17) is 4.74 Å². The van der Waals surface area contributed by atoms with E-state index in [1.807, 2.05) is 0 Å². The molecule has 0 radical (unpaired) electrons. The number of anilines is 2. The fourth-order valence-electron chi connectivity index (χ4n) is 3.38. The summed E-state index contributed by atoms with van der Waals surface area (Å²) in [6.45, 7) is 3.24. The number of thiophene rings is 1. The third-order valence-corrected chi connectivity index (χ3v) is 5.82. The lowest BCUT2D eigenvalue weighted by Crippen LogP contribution is -2.17. The van der Waals surface area contributed by atoms with Gasteiger partial charge in [-0.15, -0.1) is 11.3 Å². The number of rotatable bonds is 7. The Morgan fingerprint density at radius 2 is 1.93 bits per heavy atom. The molecule has 1 aliphatic rings. The Hall–Kier alpha value is -3.07. The average molecular weight is 429 g/mol. The number of nitrogens with one attached hydrogen (secondary N) is 2. The molecule has 2 aromatic heterocycles. The van der Waals surface area contributed by atoms with E-state index in [9.17, 15) is 19.2 Å². The molecule has 0 saturated carbocycles. The molecule has 0 aromatic carbocycles. The van der Waals surface area contributed by atoms with E-state index in [1.165, 1.54) is 36.6 Å². The van der Waals surface area contributed by atoms with E-state index in [0.29, 0.717) is 16.1 Å². The van der Waals surface area contributed by atoms with Crippen LogP contribution in [0.3, 0.4) is 0 Å². The molecule has 0 fully saturated rings. The summed E-state index contributed by atoms with van der Waals surface area (Å²) in [5, 5.41) is 5.79. The van der Waals surface area contributed by atoms with Crippen LogP contribution >= 0.6 is 11.3 Å². The fraction of sp³-hybridized carbons (Fsp3) is 0.381. The Bertz CT molecular complexity index is 999. The topological polar surface area (TPSA) is 114 Å². The Morgan fingerprint density at radius 1 is 1.17 bits per heavy atom. The van der Waals surface area contributed by atoms with Gasteiger partial charge in [0.15, 0.2) is 5.78 Å². The molecule has 0 aliphatic heterocycles. The number of nitrogens with zero attached hydrogens (tertiary/aromatic N) is 1. The van der Waals surface area contributed by atoms with Gasteiger partial charge >= 0.3 is 5.97 Å². The zero-order valence-corrected chi connectivity index (χ0v) is 17.7. The zero-order valence-electron chi connectivity index (χ0n) is 16.9. The molecule has 0 atom stereocenters. The quantitative estimate of drug-likeness (QED) is 0.396. The number of fused-ring (bicyclic) bond motifs is 1. The third kappa shape index (κ3) is 5.10. The lowest BCUT2D eigenvalue weighted by atomic mass is 9.93. The molecule has 9 heteroatoms. The highest BCUT2D eigenvalue weighted by molar-refractivity contribution is 7.17. The number of carbonyl (C=O) groups excluding carboxylic acids is 4. The number of ketones is 1. The Balaban J connectivity index is 1.87. The van der Waals surface area contributed by atoms with E-state index >= 15 is 0 Å². The SMILES string of the molecule is CCOC(=O)CC(=O)c1c(NC(=O)c2ccnc(NC(C)=O)c2)sc2c1CCCC2. The molecular formula is C21H23N3O5S. The summed E-state index contributed by atoms with van der Waals surface area (Å²) in [5.41, 5.74) is 1.63. The van der Waals surface area contributed by atoms with Gasteiger partial charge in [-0.3, -0.25) is 19.2 Å². The van der Waals surface area contributed by atoms with Crippen molar-refractivity contribution >= 4 is 45.7 Å². The first-order valence-corrected chi connectivity index (χ1v) is 10.6. The van der Waals surface area contributed by atoms with Crippen molar-refractivity contribution in [2.75, 3.05) is 17.2 Å². The fourth-order valence-corrected chi connectivity index (χ4v) is 4.68. The summed E-state index contributed by atoms with van der Waals surface area (Å²) < 4.78 is 4.90. The average Bonchev–Trinajstić information content (AvgIpc) is 3.05. The molecular weight excluding hydrogens is 406 g/mol. The van der Waals surface area contributed by atoms with Gasteiger partial charge in [-0.25, -0.2) is 4.98 Å².